The number of fused-ring (bicyclic) bond motifs is 1. The number of aromatic nitrogens is 2. The van der Waals surface area contributed by atoms with Crippen LogP contribution in [0.3, 0.4) is 0 Å². The SMILES string of the molecule is O=[N+]([O-])c1ccc2c(c1)N(Cc1nnc(-c3cccs3)o1)CC2. The Balaban J connectivity index is 1.57. The van der Waals surface area contributed by atoms with E-state index in [1.807, 2.05) is 28.5 Å². The van der Waals surface area contributed by atoms with Crippen LogP contribution < -0.4 is 4.90 Å². The maximum atomic E-state index is 10.9. The number of rotatable bonds is 4. The van der Waals surface area contributed by atoms with E-state index in [2.05, 4.69) is 10.2 Å². The van der Waals surface area contributed by atoms with Crippen LogP contribution in [0.2, 0.25) is 0 Å². The second-order valence-electron chi connectivity index (χ2n) is 5.22. The van der Waals surface area contributed by atoms with E-state index in [0.717, 1.165) is 29.1 Å². The van der Waals surface area contributed by atoms with Gasteiger partial charge in [-0.25, -0.2) is 0 Å². The fourth-order valence-corrected chi connectivity index (χ4v) is 3.34. The quantitative estimate of drug-likeness (QED) is 0.540. The van der Waals surface area contributed by atoms with E-state index < -0.39 is 0 Å². The monoisotopic (exact) mass is 328 g/mol. The summed E-state index contributed by atoms with van der Waals surface area (Å²) in [5, 5.41) is 21.0. The molecule has 1 aliphatic heterocycles. The van der Waals surface area contributed by atoms with Crippen LogP contribution in [0.25, 0.3) is 10.8 Å². The molecule has 0 saturated carbocycles. The van der Waals surface area contributed by atoms with Crippen LogP contribution in [0, 0.1) is 10.1 Å². The Morgan fingerprint density at radius 3 is 3.04 bits per heavy atom. The lowest BCUT2D eigenvalue weighted by molar-refractivity contribution is -0.384. The normalized spacial score (nSPS) is 13.3. The fourth-order valence-electron chi connectivity index (χ4n) is 2.69. The van der Waals surface area contributed by atoms with Crippen molar-refractivity contribution < 1.29 is 9.34 Å². The zero-order chi connectivity index (χ0) is 15.8. The van der Waals surface area contributed by atoms with Gasteiger partial charge in [-0.2, -0.15) is 0 Å². The lowest BCUT2D eigenvalue weighted by Gasteiger charge is -2.16. The Hall–Kier alpha value is -2.74. The minimum Gasteiger partial charge on any atom is -0.418 e. The Morgan fingerprint density at radius 1 is 1.35 bits per heavy atom. The number of hydrogen-bond acceptors (Lipinski definition) is 7. The predicted octanol–water partition coefficient (Wildman–Crippen LogP) is 3.27. The summed E-state index contributed by atoms with van der Waals surface area (Å²) in [5.74, 6) is 1.02. The largest absolute Gasteiger partial charge is 0.418 e. The van der Waals surface area contributed by atoms with Crippen LogP contribution in [0.15, 0.2) is 40.1 Å². The summed E-state index contributed by atoms with van der Waals surface area (Å²) >= 11 is 1.54. The standard InChI is InChI=1S/C15H12N4O3S/c20-19(21)11-4-3-10-5-6-18(12(10)8-11)9-14-16-17-15(22-14)13-2-1-7-23-13/h1-4,7-8H,5-6,9H2. The molecule has 8 heteroatoms. The third-order valence-electron chi connectivity index (χ3n) is 3.80. The van der Waals surface area contributed by atoms with E-state index in [0.29, 0.717) is 18.3 Å². The lowest BCUT2D eigenvalue weighted by atomic mass is 10.1. The van der Waals surface area contributed by atoms with Gasteiger partial charge in [0.1, 0.15) is 0 Å². The molecule has 4 rings (SSSR count). The van der Waals surface area contributed by atoms with Gasteiger partial charge in [0, 0.05) is 24.4 Å². The van der Waals surface area contributed by atoms with Gasteiger partial charge in [-0.1, -0.05) is 12.1 Å². The second-order valence-corrected chi connectivity index (χ2v) is 6.17. The molecule has 3 heterocycles. The summed E-state index contributed by atoms with van der Waals surface area (Å²) in [6, 6.07) is 8.83. The van der Waals surface area contributed by atoms with E-state index in [9.17, 15) is 10.1 Å². The maximum absolute atomic E-state index is 10.9. The number of benzene rings is 1. The smallest absolute Gasteiger partial charge is 0.271 e. The van der Waals surface area contributed by atoms with Gasteiger partial charge in [0.25, 0.3) is 11.6 Å². The topological polar surface area (TPSA) is 85.3 Å². The number of nitrogens with zero attached hydrogens (tertiary/aromatic N) is 4. The molecule has 1 aromatic carbocycles. The van der Waals surface area contributed by atoms with Gasteiger partial charge in [0.2, 0.25) is 5.89 Å². The lowest BCUT2D eigenvalue weighted by Crippen LogP contribution is -2.19. The van der Waals surface area contributed by atoms with Gasteiger partial charge in [-0.05, 0) is 23.4 Å². The first-order valence-electron chi connectivity index (χ1n) is 7.09. The first-order chi connectivity index (χ1) is 11.2. The Bertz CT molecular complexity index is 859. The van der Waals surface area contributed by atoms with Crippen molar-refractivity contribution >= 4 is 22.7 Å². The number of nitro benzene ring substituents is 1. The van der Waals surface area contributed by atoms with E-state index in [-0.39, 0.29) is 10.6 Å². The molecule has 23 heavy (non-hydrogen) atoms. The molecule has 116 valence electrons. The highest BCUT2D eigenvalue weighted by Crippen LogP contribution is 2.33. The summed E-state index contributed by atoms with van der Waals surface area (Å²) in [5.41, 5.74) is 2.07. The minimum atomic E-state index is -0.377. The average molecular weight is 328 g/mol. The minimum absolute atomic E-state index is 0.0976. The zero-order valence-corrected chi connectivity index (χ0v) is 12.8. The summed E-state index contributed by atoms with van der Waals surface area (Å²) in [6.07, 6.45) is 0.860. The van der Waals surface area contributed by atoms with Crippen molar-refractivity contribution in [3.05, 3.63) is 57.3 Å². The summed E-state index contributed by atoms with van der Waals surface area (Å²) < 4.78 is 5.70. The molecule has 0 unspecified atom stereocenters. The van der Waals surface area contributed by atoms with Crippen molar-refractivity contribution in [2.45, 2.75) is 13.0 Å². The first kappa shape index (κ1) is 13.9. The van der Waals surface area contributed by atoms with Gasteiger partial charge in [0.15, 0.2) is 0 Å². The molecule has 7 nitrogen and oxygen atoms in total. The van der Waals surface area contributed by atoms with Crippen LogP contribution >= 0.6 is 11.3 Å². The molecule has 1 aliphatic rings. The highest BCUT2D eigenvalue weighted by molar-refractivity contribution is 7.13. The number of anilines is 1. The predicted molar refractivity (Wildman–Crippen MR) is 85.5 cm³/mol. The molecule has 0 spiro atoms. The number of thiophene rings is 1. The van der Waals surface area contributed by atoms with Crippen LogP contribution in [-0.2, 0) is 13.0 Å². The van der Waals surface area contributed by atoms with Gasteiger partial charge < -0.3 is 9.32 Å². The molecule has 0 aliphatic carbocycles. The maximum Gasteiger partial charge on any atom is 0.271 e. The molecule has 3 aromatic rings. The first-order valence-corrected chi connectivity index (χ1v) is 7.97. The van der Waals surface area contributed by atoms with E-state index >= 15 is 0 Å². The third-order valence-corrected chi connectivity index (χ3v) is 4.65. The second kappa shape index (κ2) is 5.47. The molecule has 0 saturated heterocycles. The van der Waals surface area contributed by atoms with Crippen molar-refractivity contribution in [3.63, 3.8) is 0 Å². The third kappa shape index (κ3) is 2.57. The molecule has 0 radical (unpaired) electrons. The van der Waals surface area contributed by atoms with Crippen LogP contribution in [0.4, 0.5) is 11.4 Å². The van der Waals surface area contributed by atoms with Crippen LogP contribution in [-0.4, -0.2) is 21.7 Å². The molecule has 0 bridgehead atoms. The summed E-state index contributed by atoms with van der Waals surface area (Å²) in [4.78, 5) is 13.5. The summed E-state index contributed by atoms with van der Waals surface area (Å²) in [6.45, 7) is 1.24. The van der Waals surface area contributed by atoms with Crippen LogP contribution in [0.1, 0.15) is 11.5 Å². The van der Waals surface area contributed by atoms with Crippen molar-refractivity contribution in [1.82, 2.24) is 10.2 Å². The molecule has 2 aromatic heterocycles. The molecular weight excluding hydrogens is 316 g/mol. The Kier molecular flexibility index (Phi) is 3.30. The number of hydrogen-bond donors (Lipinski definition) is 0. The van der Waals surface area contributed by atoms with Crippen LogP contribution in [0.5, 0.6) is 0 Å². The molecule has 0 N–H and O–H groups in total. The van der Waals surface area contributed by atoms with Crippen molar-refractivity contribution in [3.8, 4) is 10.8 Å². The fraction of sp³-hybridized carbons (Fsp3) is 0.200. The summed E-state index contributed by atoms with van der Waals surface area (Å²) in [7, 11) is 0. The molecule has 0 amide bonds. The zero-order valence-electron chi connectivity index (χ0n) is 12.0. The van der Waals surface area contributed by atoms with Gasteiger partial charge in [-0.15, -0.1) is 21.5 Å². The molecule has 0 fully saturated rings. The van der Waals surface area contributed by atoms with E-state index in [4.69, 9.17) is 4.42 Å². The molecule has 0 atom stereocenters. The van der Waals surface area contributed by atoms with Gasteiger partial charge in [-0.3, -0.25) is 10.1 Å². The van der Waals surface area contributed by atoms with Crippen molar-refractivity contribution in [2.24, 2.45) is 0 Å². The highest BCUT2D eigenvalue weighted by Gasteiger charge is 2.24. The van der Waals surface area contributed by atoms with E-state index in [1.54, 1.807) is 23.5 Å². The highest BCUT2D eigenvalue weighted by atomic mass is 32.1. The Morgan fingerprint density at radius 2 is 2.26 bits per heavy atom. The Labute approximate surface area is 135 Å². The van der Waals surface area contributed by atoms with Gasteiger partial charge in [0.05, 0.1) is 16.3 Å². The number of non-ortho nitro benzene ring substituents is 1. The average Bonchev–Trinajstić information content (AvgIpc) is 3.27. The van der Waals surface area contributed by atoms with Gasteiger partial charge >= 0.3 is 0 Å². The van der Waals surface area contributed by atoms with E-state index in [1.165, 1.54) is 0 Å². The number of nitro groups is 1. The van der Waals surface area contributed by atoms with Crippen molar-refractivity contribution in [2.75, 3.05) is 11.4 Å². The molecular formula is C15H12N4O3S. The van der Waals surface area contributed by atoms with Crippen molar-refractivity contribution in [1.29, 1.82) is 0 Å².